The Morgan fingerprint density at radius 1 is 1.21 bits per heavy atom. The van der Waals surface area contributed by atoms with Gasteiger partial charge >= 0.3 is 5.97 Å². The number of aromatic nitrogens is 2. The molecular weight excluding hydrogens is 465 g/mol. The van der Waals surface area contributed by atoms with Crippen LogP contribution in [0.2, 0.25) is 0 Å². The van der Waals surface area contributed by atoms with Crippen LogP contribution in [0.25, 0.3) is 11.4 Å². The highest BCUT2D eigenvalue weighted by Gasteiger charge is 2.25. The molecule has 2 heterocycles. The molecule has 0 atom stereocenters. The van der Waals surface area contributed by atoms with E-state index in [9.17, 15) is 14.0 Å². The van der Waals surface area contributed by atoms with Gasteiger partial charge in [0.1, 0.15) is 11.6 Å². The number of carbonyl (C=O) groups excluding carboxylic acids is 2. The van der Waals surface area contributed by atoms with Gasteiger partial charge in [0.2, 0.25) is 5.82 Å². The Hall–Kier alpha value is -4.32. The number of esters is 1. The van der Waals surface area contributed by atoms with Crippen molar-refractivity contribution >= 4 is 35.0 Å². The van der Waals surface area contributed by atoms with Gasteiger partial charge in [-0.15, -0.1) is 5.10 Å². The third-order valence-electron chi connectivity index (χ3n) is 4.27. The normalized spacial score (nSPS) is 15.8. The molecule has 2 aromatic carbocycles. The number of nitrogens with zero attached hydrogens (tertiary/aromatic N) is 4. The molecule has 1 saturated heterocycles. The van der Waals surface area contributed by atoms with Crippen molar-refractivity contribution < 1.29 is 28.0 Å². The van der Waals surface area contributed by atoms with Crippen molar-refractivity contribution in [1.82, 2.24) is 15.5 Å². The largest absolute Gasteiger partial charge is 0.484 e. The first-order chi connectivity index (χ1) is 16.5. The fraction of sp³-hybridized carbons (Fsp3) is 0.0909. The Balaban J connectivity index is 1.34. The summed E-state index contributed by atoms with van der Waals surface area (Å²) in [6.45, 7) is 0.0504. The van der Waals surface area contributed by atoms with Crippen LogP contribution in [0, 0.1) is 5.82 Å². The third kappa shape index (κ3) is 5.92. The van der Waals surface area contributed by atoms with Crippen LogP contribution in [0.1, 0.15) is 11.5 Å². The lowest BCUT2D eigenvalue weighted by atomic mass is 10.1. The molecule has 0 spiro atoms. The Kier molecular flexibility index (Phi) is 7.08. The maximum atomic E-state index is 12.9. The van der Waals surface area contributed by atoms with E-state index in [-0.39, 0.29) is 28.4 Å². The maximum absolute atomic E-state index is 12.9. The molecule has 0 aliphatic carbocycles. The van der Waals surface area contributed by atoms with E-state index < -0.39 is 11.9 Å². The highest BCUT2D eigenvalue weighted by molar-refractivity contribution is 8.18. The Morgan fingerprint density at radius 3 is 2.71 bits per heavy atom. The number of amidine groups is 1. The van der Waals surface area contributed by atoms with Crippen molar-refractivity contribution in [2.24, 2.45) is 10.2 Å². The summed E-state index contributed by atoms with van der Waals surface area (Å²) in [6.07, 6.45) is 2.59. The van der Waals surface area contributed by atoms with Crippen LogP contribution in [0.15, 0.2) is 74.2 Å². The van der Waals surface area contributed by atoms with Gasteiger partial charge in [0.05, 0.1) is 18.2 Å². The highest BCUT2D eigenvalue weighted by Crippen LogP contribution is 2.23. The van der Waals surface area contributed by atoms with Crippen LogP contribution in [-0.2, 0) is 20.9 Å². The number of methoxy groups -OCH3 is 1. The number of rotatable bonds is 7. The average Bonchev–Trinajstić information content (AvgIpc) is 3.45. The molecule has 0 radical (unpaired) electrons. The summed E-state index contributed by atoms with van der Waals surface area (Å²) in [5.41, 5.74) is 1.47. The standard InChI is InChI=1S/C22H16FN5O5S/c1-31-19(29)10-17-21(30)26-22(34-17)27-24-11-13-2-4-14(5-3-13)20-25-18(33-28-20)12-32-16-8-6-15(23)7-9-16/h2-11H,12H2,1H3,(H,26,27,30)/b17-10+,24-11?. The Labute approximate surface area is 196 Å². The predicted molar refractivity (Wildman–Crippen MR) is 121 cm³/mol. The second-order valence-corrected chi connectivity index (χ2v) is 7.64. The number of halogens is 1. The van der Waals surface area contributed by atoms with Gasteiger partial charge in [0.25, 0.3) is 11.8 Å². The summed E-state index contributed by atoms with van der Waals surface area (Å²) < 4.78 is 28.1. The van der Waals surface area contributed by atoms with E-state index in [1.165, 1.54) is 37.6 Å². The maximum Gasteiger partial charge on any atom is 0.331 e. The monoisotopic (exact) mass is 481 g/mol. The zero-order valence-corrected chi connectivity index (χ0v) is 18.4. The Morgan fingerprint density at radius 2 is 1.97 bits per heavy atom. The first-order valence-electron chi connectivity index (χ1n) is 9.71. The summed E-state index contributed by atoms with van der Waals surface area (Å²) in [4.78, 5) is 27.5. The van der Waals surface area contributed by atoms with E-state index in [0.29, 0.717) is 11.6 Å². The van der Waals surface area contributed by atoms with Crippen LogP contribution in [0.3, 0.4) is 0 Å². The molecule has 1 aliphatic rings. The molecule has 10 nitrogen and oxygen atoms in total. The second kappa shape index (κ2) is 10.5. The SMILES string of the molecule is COC(=O)/C=C1/S/C(=N\N=Cc2ccc(-c3noc(COc4ccc(F)cc4)n3)cc2)NC1=O. The van der Waals surface area contributed by atoms with E-state index in [1.807, 2.05) is 0 Å². The fourth-order valence-corrected chi connectivity index (χ4v) is 3.35. The highest BCUT2D eigenvalue weighted by atomic mass is 32.2. The Bertz CT molecular complexity index is 1290. The van der Waals surface area contributed by atoms with Gasteiger partial charge in [0.15, 0.2) is 11.8 Å². The lowest BCUT2D eigenvalue weighted by Crippen LogP contribution is -2.19. The van der Waals surface area contributed by atoms with Crippen LogP contribution >= 0.6 is 11.8 Å². The van der Waals surface area contributed by atoms with Gasteiger partial charge in [-0.2, -0.15) is 10.1 Å². The number of benzene rings is 2. The average molecular weight is 481 g/mol. The predicted octanol–water partition coefficient (Wildman–Crippen LogP) is 3.06. The van der Waals surface area contributed by atoms with Gasteiger partial charge in [-0.1, -0.05) is 29.4 Å². The van der Waals surface area contributed by atoms with Gasteiger partial charge < -0.3 is 14.0 Å². The molecule has 0 unspecified atom stereocenters. The van der Waals surface area contributed by atoms with Crippen LogP contribution < -0.4 is 10.1 Å². The molecule has 1 aliphatic heterocycles. The summed E-state index contributed by atoms with van der Waals surface area (Å²) in [7, 11) is 1.23. The number of nitrogens with one attached hydrogen (secondary N) is 1. The third-order valence-corrected chi connectivity index (χ3v) is 5.17. The minimum absolute atomic E-state index is 0.0504. The minimum atomic E-state index is -0.628. The van der Waals surface area contributed by atoms with Crippen molar-refractivity contribution in [3.05, 3.63) is 76.8 Å². The molecule has 1 aromatic heterocycles. The fourth-order valence-electron chi connectivity index (χ4n) is 2.61. The summed E-state index contributed by atoms with van der Waals surface area (Å²) in [5, 5.41) is 14.6. The molecule has 34 heavy (non-hydrogen) atoms. The van der Waals surface area contributed by atoms with Crippen molar-refractivity contribution in [2.75, 3.05) is 7.11 Å². The van der Waals surface area contributed by atoms with Gasteiger partial charge in [0, 0.05) is 11.6 Å². The van der Waals surface area contributed by atoms with Crippen LogP contribution in [-0.4, -0.2) is 40.5 Å². The quantitative estimate of drug-likeness (QED) is 0.236. The number of hydrogen-bond acceptors (Lipinski definition) is 10. The molecular formula is C22H16FN5O5S. The topological polar surface area (TPSA) is 128 Å². The zero-order valence-electron chi connectivity index (χ0n) is 17.6. The number of hydrogen-bond donors (Lipinski definition) is 1. The zero-order chi connectivity index (χ0) is 23.9. The molecule has 0 bridgehead atoms. The second-order valence-electron chi connectivity index (χ2n) is 6.61. The van der Waals surface area contributed by atoms with Gasteiger partial charge in [-0.05, 0) is 41.6 Å². The molecule has 3 aromatic rings. The first kappa shape index (κ1) is 22.9. The molecule has 1 N–H and O–H groups in total. The van der Waals surface area contributed by atoms with Crippen LogP contribution in [0.5, 0.6) is 5.75 Å². The van der Waals surface area contributed by atoms with Gasteiger partial charge in [-0.25, -0.2) is 9.18 Å². The number of ether oxygens (including phenoxy) is 2. The van der Waals surface area contributed by atoms with E-state index in [4.69, 9.17) is 9.26 Å². The van der Waals surface area contributed by atoms with E-state index in [2.05, 4.69) is 30.4 Å². The molecule has 4 rings (SSSR count). The first-order valence-corrected chi connectivity index (χ1v) is 10.5. The molecule has 172 valence electrons. The van der Waals surface area contributed by atoms with E-state index in [0.717, 1.165) is 29.0 Å². The smallest absolute Gasteiger partial charge is 0.331 e. The lowest BCUT2D eigenvalue weighted by molar-refractivity contribution is -0.135. The van der Waals surface area contributed by atoms with Crippen molar-refractivity contribution in [3.63, 3.8) is 0 Å². The van der Waals surface area contributed by atoms with Crippen molar-refractivity contribution in [2.45, 2.75) is 6.61 Å². The summed E-state index contributed by atoms with van der Waals surface area (Å²) in [5.74, 6) is -0.277. The molecule has 0 saturated carbocycles. The molecule has 1 amide bonds. The van der Waals surface area contributed by atoms with Crippen molar-refractivity contribution in [1.29, 1.82) is 0 Å². The number of amides is 1. The lowest BCUT2D eigenvalue weighted by Gasteiger charge is -2.01. The molecule has 1 fully saturated rings. The summed E-state index contributed by atoms with van der Waals surface area (Å²) in [6, 6.07) is 12.8. The minimum Gasteiger partial charge on any atom is -0.484 e. The number of thioether (sulfide) groups is 1. The number of carbonyl (C=O) groups is 2. The van der Waals surface area contributed by atoms with Gasteiger partial charge in [-0.3, -0.25) is 10.1 Å². The summed E-state index contributed by atoms with van der Waals surface area (Å²) >= 11 is 0.985. The van der Waals surface area contributed by atoms with Crippen molar-refractivity contribution in [3.8, 4) is 17.1 Å². The molecule has 12 heteroatoms. The van der Waals surface area contributed by atoms with E-state index in [1.54, 1.807) is 24.3 Å². The van der Waals surface area contributed by atoms with Crippen LogP contribution in [0.4, 0.5) is 4.39 Å². The van der Waals surface area contributed by atoms with E-state index >= 15 is 0 Å².